The van der Waals surface area contributed by atoms with E-state index in [1.54, 1.807) is 0 Å². The van der Waals surface area contributed by atoms with Crippen molar-refractivity contribution >= 4 is 40.0 Å². The quantitative estimate of drug-likeness (QED) is 0.445. The maximum absolute atomic E-state index is 11.1. The van der Waals surface area contributed by atoms with Crippen LogP contribution in [0.1, 0.15) is 12.5 Å². The molecule has 0 atom stereocenters. The number of benzene rings is 2. The smallest absolute Gasteiger partial charge is 0.223 e. The number of aliphatic hydroxyl groups excluding tert-OH is 1. The summed E-state index contributed by atoms with van der Waals surface area (Å²) in [6.07, 6.45) is 0. The molecule has 0 aliphatic rings. The number of aromatic nitrogens is 1. The molecule has 1 aromatic heterocycles. The van der Waals surface area contributed by atoms with Gasteiger partial charge in [-0.05, 0) is 48.3 Å². The fourth-order valence-electron chi connectivity index (χ4n) is 2.22. The van der Waals surface area contributed by atoms with Crippen LogP contribution in [0, 0.1) is 11.8 Å². The molecular formula is C20H17N3O2S2. The van der Waals surface area contributed by atoms with Crippen LogP contribution in [-0.2, 0) is 4.79 Å². The highest BCUT2D eigenvalue weighted by molar-refractivity contribution is 8.00. The Kier molecular flexibility index (Phi) is 6.49. The van der Waals surface area contributed by atoms with E-state index in [1.165, 1.54) is 30.2 Å². The molecule has 27 heavy (non-hydrogen) atoms. The first-order valence-electron chi connectivity index (χ1n) is 8.10. The second-order valence-corrected chi connectivity index (χ2v) is 7.23. The lowest BCUT2D eigenvalue weighted by Crippen LogP contribution is -2.04. The Morgan fingerprint density at radius 3 is 2.81 bits per heavy atom. The largest absolute Gasteiger partial charge is 0.384 e. The van der Waals surface area contributed by atoms with E-state index >= 15 is 0 Å². The van der Waals surface area contributed by atoms with Gasteiger partial charge in [-0.3, -0.25) is 4.79 Å². The van der Waals surface area contributed by atoms with Gasteiger partial charge in [-0.2, -0.15) is 0 Å². The third-order valence-corrected chi connectivity index (χ3v) is 5.00. The maximum atomic E-state index is 11.1. The zero-order valence-electron chi connectivity index (χ0n) is 14.5. The second-order valence-electron chi connectivity index (χ2n) is 5.49. The average molecular weight is 396 g/mol. The zero-order chi connectivity index (χ0) is 19.1. The number of hydrogen-bond donors (Lipinski definition) is 3. The molecule has 0 bridgehead atoms. The van der Waals surface area contributed by atoms with Crippen LogP contribution in [0.5, 0.6) is 0 Å². The minimum Gasteiger partial charge on any atom is -0.384 e. The number of rotatable bonds is 5. The summed E-state index contributed by atoms with van der Waals surface area (Å²) in [6, 6.07) is 15.7. The zero-order valence-corrected chi connectivity index (χ0v) is 16.2. The lowest BCUT2D eigenvalue weighted by Gasteiger charge is -2.07. The van der Waals surface area contributed by atoms with Crippen molar-refractivity contribution in [1.82, 2.24) is 4.98 Å². The Bertz CT molecular complexity index is 988. The molecule has 0 unspecified atom stereocenters. The van der Waals surface area contributed by atoms with Gasteiger partial charge in [0.25, 0.3) is 0 Å². The van der Waals surface area contributed by atoms with Gasteiger partial charge in [0, 0.05) is 34.0 Å². The number of nitrogens with zero attached hydrogens (tertiary/aromatic N) is 1. The summed E-state index contributed by atoms with van der Waals surface area (Å²) >= 11 is 2.90. The van der Waals surface area contributed by atoms with Gasteiger partial charge >= 0.3 is 0 Å². The Morgan fingerprint density at radius 2 is 2.07 bits per heavy atom. The lowest BCUT2D eigenvalue weighted by atomic mass is 10.1. The van der Waals surface area contributed by atoms with E-state index in [1.807, 2.05) is 53.9 Å². The van der Waals surface area contributed by atoms with Crippen molar-refractivity contribution in [3.05, 3.63) is 59.5 Å². The number of thiazole rings is 1. The highest BCUT2D eigenvalue weighted by Crippen LogP contribution is 2.28. The Hall–Kier alpha value is -2.79. The summed E-state index contributed by atoms with van der Waals surface area (Å²) < 4.78 is 3.32. The molecule has 0 radical (unpaired) electrons. The molecular weight excluding hydrogens is 378 g/mol. The molecule has 0 saturated carbocycles. The molecule has 7 heteroatoms. The van der Waals surface area contributed by atoms with E-state index in [0.717, 1.165) is 27.4 Å². The van der Waals surface area contributed by atoms with Gasteiger partial charge in [0.2, 0.25) is 5.91 Å². The molecule has 0 aliphatic heterocycles. The molecule has 5 nitrogen and oxygen atoms in total. The van der Waals surface area contributed by atoms with Crippen molar-refractivity contribution in [2.45, 2.75) is 11.8 Å². The first-order valence-corrected chi connectivity index (χ1v) is 9.80. The van der Waals surface area contributed by atoms with Gasteiger partial charge < -0.3 is 15.1 Å². The van der Waals surface area contributed by atoms with Crippen LogP contribution in [0.25, 0.3) is 11.3 Å². The first kappa shape index (κ1) is 19.0. The number of anilines is 2. The summed E-state index contributed by atoms with van der Waals surface area (Å²) in [7, 11) is 0. The number of aliphatic hydroxyl groups is 1. The topological polar surface area (TPSA) is 74.2 Å². The average Bonchev–Trinajstić information content (AvgIpc) is 3.13. The summed E-state index contributed by atoms with van der Waals surface area (Å²) in [5.74, 6) is 5.37. The predicted molar refractivity (Wildman–Crippen MR) is 112 cm³/mol. The van der Waals surface area contributed by atoms with Crippen LogP contribution in [0.15, 0.2) is 58.8 Å². The molecule has 0 aliphatic carbocycles. The van der Waals surface area contributed by atoms with Gasteiger partial charge in [0.05, 0.1) is 5.69 Å². The molecule has 0 fully saturated rings. The molecule has 0 saturated heterocycles. The van der Waals surface area contributed by atoms with Gasteiger partial charge in [0.1, 0.15) is 6.61 Å². The van der Waals surface area contributed by atoms with E-state index in [2.05, 4.69) is 26.9 Å². The second kappa shape index (κ2) is 9.24. The van der Waals surface area contributed by atoms with Crippen LogP contribution in [0.4, 0.5) is 10.8 Å². The molecule has 3 N–H and O–H groups in total. The van der Waals surface area contributed by atoms with E-state index < -0.39 is 0 Å². The Labute approximate surface area is 166 Å². The minimum atomic E-state index is -0.139. The van der Waals surface area contributed by atoms with Gasteiger partial charge in [-0.1, -0.05) is 24.0 Å². The molecule has 3 rings (SSSR count). The Morgan fingerprint density at radius 1 is 1.26 bits per heavy atom. The van der Waals surface area contributed by atoms with E-state index in [-0.39, 0.29) is 12.5 Å². The van der Waals surface area contributed by atoms with Crippen LogP contribution >= 0.6 is 23.3 Å². The highest BCUT2D eigenvalue weighted by Gasteiger charge is 2.06. The molecule has 3 aromatic rings. The van der Waals surface area contributed by atoms with E-state index in [4.69, 9.17) is 5.11 Å². The number of nitrogens with one attached hydrogen (secondary N) is 2. The van der Waals surface area contributed by atoms with Gasteiger partial charge in [-0.25, -0.2) is 4.98 Å². The summed E-state index contributed by atoms with van der Waals surface area (Å²) in [6.45, 7) is 1.33. The van der Waals surface area contributed by atoms with Crippen LogP contribution in [0.2, 0.25) is 0 Å². The fourth-order valence-corrected chi connectivity index (χ4v) is 3.62. The molecule has 2 aromatic carbocycles. The van der Waals surface area contributed by atoms with Gasteiger partial charge in [0.15, 0.2) is 5.13 Å². The summed E-state index contributed by atoms with van der Waals surface area (Å²) in [4.78, 5) is 16.6. The van der Waals surface area contributed by atoms with E-state index in [9.17, 15) is 4.79 Å². The Balaban J connectivity index is 1.65. The lowest BCUT2D eigenvalue weighted by molar-refractivity contribution is -0.114. The van der Waals surface area contributed by atoms with Crippen molar-refractivity contribution in [3.63, 3.8) is 0 Å². The molecule has 1 amide bonds. The monoisotopic (exact) mass is 395 g/mol. The maximum Gasteiger partial charge on any atom is 0.223 e. The SMILES string of the molecule is CC(=O)Nc1nc(-c2cccc(NSc3ccc(C#CCO)cc3)c2)cs1. The first-order chi connectivity index (χ1) is 13.1. The number of carbonyl (C=O) groups excluding carboxylic acids is 1. The van der Waals surface area contributed by atoms with Crippen molar-refractivity contribution in [1.29, 1.82) is 0 Å². The number of hydrogen-bond acceptors (Lipinski definition) is 6. The van der Waals surface area contributed by atoms with Crippen LogP contribution in [-0.4, -0.2) is 22.6 Å². The van der Waals surface area contributed by atoms with Crippen molar-refractivity contribution in [2.75, 3.05) is 16.6 Å². The number of amides is 1. The van der Waals surface area contributed by atoms with Crippen LogP contribution < -0.4 is 10.0 Å². The molecule has 1 heterocycles. The highest BCUT2D eigenvalue weighted by atomic mass is 32.2. The van der Waals surface area contributed by atoms with Crippen LogP contribution in [0.3, 0.4) is 0 Å². The molecule has 0 spiro atoms. The van der Waals surface area contributed by atoms with E-state index in [0.29, 0.717) is 5.13 Å². The summed E-state index contributed by atoms with van der Waals surface area (Å²) in [5, 5.41) is 13.9. The van der Waals surface area contributed by atoms with Crippen molar-refractivity contribution < 1.29 is 9.90 Å². The minimum absolute atomic E-state index is 0.129. The van der Waals surface area contributed by atoms with Crippen molar-refractivity contribution in [3.8, 4) is 23.1 Å². The standard InChI is InChI=1S/C20H17N3O2S2/c1-14(25)21-20-22-19(13-26-20)16-5-2-6-17(12-16)23-27-18-9-7-15(8-10-18)4-3-11-24/h2,5-10,12-13,23-24H,11H2,1H3,(H,21,22,25). The number of carbonyl (C=O) groups is 1. The fraction of sp³-hybridized carbons (Fsp3) is 0.100. The third-order valence-electron chi connectivity index (χ3n) is 3.40. The van der Waals surface area contributed by atoms with Gasteiger partial charge in [-0.15, -0.1) is 11.3 Å². The third kappa shape index (κ3) is 5.59. The normalized spacial score (nSPS) is 10.0. The molecule has 136 valence electrons. The predicted octanol–water partition coefficient (Wildman–Crippen LogP) is 4.23. The van der Waals surface area contributed by atoms with Crippen molar-refractivity contribution in [2.24, 2.45) is 0 Å². The summed E-state index contributed by atoms with van der Waals surface area (Å²) in [5.41, 5.74) is 3.62.